The van der Waals surface area contributed by atoms with Gasteiger partial charge in [-0.05, 0) is 45.5 Å². The highest BCUT2D eigenvalue weighted by Gasteiger charge is 2.24. The lowest BCUT2D eigenvalue weighted by molar-refractivity contribution is -0.137. The Hall–Kier alpha value is -3.13. The van der Waals surface area contributed by atoms with E-state index in [9.17, 15) is 9.90 Å². The van der Waals surface area contributed by atoms with E-state index in [1.54, 1.807) is 0 Å². The SMILES string of the molecule is [CH]C(c1ccc2ccccc2c1)C(CC(=O)O)c1ccc2ccccc2c1. The van der Waals surface area contributed by atoms with Gasteiger partial charge < -0.3 is 5.11 Å². The molecule has 4 rings (SSSR count). The molecule has 0 saturated carbocycles. The minimum atomic E-state index is -0.843. The molecule has 0 spiro atoms. The van der Waals surface area contributed by atoms with Crippen LogP contribution in [0.2, 0.25) is 0 Å². The topological polar surface area (TPSA) is 37.3 Å². The van der Waals surface area contributed by atoms with Gasteiger partial charge in [0.15, 0.2) is 0 Å². The summed E-state index contributed by atoms with van der Waals surface area (Å²) in [6, 6.07) is 28.4. The standard InChI is InChI=1S/C25H20O2/c1-17(20-12-10-18-6-2-4-8-21(18)14-20)24(16-25(26)27)23-13-11-19-7-3-5-9-22(19)15-23/h1-15,17,24H,16H2,(H,26,27). The maximum absolute atomic E-state index is 11.5. The van der Waals surface area contributed by atoms with Crippen LogP contribution in [0.1, 0.15) is 29.4 Å². The molecule has 132 valence electrons. The van der Waals surface area contributed by atoms with E-state index < -0.39 is 11.9 Å². The molecule has 0 bridgehead atoms. The number of carboxylic acids is 1. The number of hydrogen-bond acceptors (Lipinski definition) is 1. The lowest BCUT2D eigenvalue weighted by atomic mass is 9.79. The molecule has 2 unspecified atom stereocenters. The van der Waals surface area contributed by atoms with Crippen LogP contribution in [0, 0.1) is 6.92 Å². The first-order chi connectivity index (χ1) is 13.1. The Balaban J connectivity index is 1.76. The van der Waals surface area contributed by atoms with Crippen molar-refractivity contribution in [2.75, 3.05) is 0 Å². The fourth-order valence-electron chi connectivity index (χ4n) is 3.73. The molecule has 2 atom stereocenters. The predicted octanol–water partition coefficient (Wildman–Crippen LogP) is 6.05. The van der Waals surface area contributed by atoms with Crippen LogP contribution in [-0.2, 0) is 4.79 Å². The van der Waals surface area contributed by atoms with Crippen LogP contribution >= 0.6 is 0 Å². The van der Waals surface area contributed by atoms with Crippen molar-refractivity contribution in [3.05, 3.63) is 103 Å². The second-order valence-electron chi connectivity index (χ2n) is 6.94. The fraction of sp³-hybridized carbons (Fsp3) is 0.120. The second-order valence-corrected chi connectivity index (χ2v) is 6.94. The van der Waals surface area contributed by atoms with Gasteiger partial charge in [0.25, 0.3) is 0 Å². The van der Waals surface area contributed by atoms with Gasteiger partial charge in [-0.1, -0.05) is 84.9 Å². The van der Waals surface area contributed by atoms with Crippen molar-refractivity contribution in [1.29, 1.82) is 0 Å². The molecule has 0 saturated heterocycles. The maximum Gasteiger partial charge on any atom is 0.303 e. The Kier molecular flexibility index (Phi) is 4.64. The minimum Gasteiger partial charge on any atom is -0.481 e. The van der Waals surface area contributed by atoms with Crippen molar-refractivity contribution in [3.63, 3.8) is 0 Å². The molecule has 4 aromatic rings. The molecular formula is C25H20O2. The third-order valence-corrected chi connectivity index (χ3v) is 5.19. The molecule has 0 amide bonds. The van der Waals surface area contributed by atoms with Gasteiger partial charge in [-0.25, -0.2) is 0 Å². The van der Waals surface area contributed by atoms with E-state index in [1.807, 2.05) is 60.7 Å². The molecule has 2 radical (unpaired) electrons. The van der Waals surface area contributed by atoms with Crippen molar-refractivity contribution in [2.24, 2.45) is 0 Å². The summed E-state index contributed by atoms with van der Waals surface area (Å²) in [6.45, 7) is 6.59. The summed E-state index contributed by atoms with van der Waals surface area (Å²) in [6.07, 6.45) is -0.00761. The number of carboxylic acid groups (broad SMARTS) is 1. The first-order valence-electron chi connectivity index (χ1n) is 9.06. The molecule has 2 nitrogen and oxygen atoms in total. The minimum absolute atomic E-state index is 0.00761. The van der Waals surface area contributed by atoms with Crippen molar-refractivity contribution in [1.82, 2.24) is 0 Å². The summed E-state index contributed by atoms with van der Waals surface area (Å²) in [5.74, 6) is -1.54. The zero-order chi connectivity index (χ0) is 18.8. The van der Waals surface area contributed by atoms with E-state index in [0.29, 0.717) is 0 Å². The van der Waals surface area contributed by atoms with Gasteiger partial charge in [0, 0.05) is 5.92 Å². The predicted molar refractivity (Wildman–Crippen MR) is 110 cm³/mol. The molecule has 0 heterocycles. The second kappa shape index (κ2) is 7.24. The van der Waals surface area contributed by atoms with Crippen molar-refractivity contribution in [2.45, 2.75) is 18.3 Å². The van der Waals surface area contributed by atoms with Crippen LogP contribution < -0.4 is 0 Å². The quantitative estimate of drug-likeness (QED) is 0.475. The smallest absolute Gasteiger partial charge is 0.303 e. The van der Waals surface area contributed by atoms with E-state index in [-0.39, 0.29) is 12.3 Å². The normalized spacial score (nSPS) is 13.5. The number of aliphatic carboxylic acids is 1. The third-order valence-electron chi connectivity index (χ3n) is 5.19. The average molecular weight is 352 g/mol. The largest absolute Gasteiger partial charge is 0.481 e. The summed E-state index contributed by atoms with van der Waals surface area (Å²) >= 11 is 0. The lowest BCUT2D eigenvalue weighted by Crippen LogP contribution is -2.13. The molecule has 0 aliphatic carbocycles. The molecule has 0 aliphatic rings. The molecular weight excluding hydrogens is 332 g/mol. The zero-order valence-corrected chi connectivity index (χ0v) is 14.9. The first-order valence-corrected chi connectivity index (χ1v) is 9.06. The molecule has 4 aromatic carbocycles. The highest BCUT2D eigenvalue weighted by Crippen LogP contribution is 2.37. The third kappa shape index (κ3) is 3.56. The van der Waals surface area contributed by atoms with Gasteiger partial charge in [-0.3, -0.25) is 4.79 Å². The van der Waals surface area contributed by atoms with E-state index in [4.69, 9.17) is 6.92 Å². The maximum atomic E-state index is 11.5. The van der Waals surface area contributed by atoms with E-state index in [2.05, 4.69) is 24.3 Å². The van der Waals surface area contributed by atoms with Gasteiger partial charge in [-0.2, -0.15) is 0 Å². The monoisotopic (exact) mass is 352 g/mol. The Labute approximate surface area is 159 Å². The zero-order valence-electron chi connectivity index (χ0n) is 14.9. The van der Waals surface area contributed by atoms with Crippen LogP contribution in [0.5, 0.6) is 0 Å². The van der Waals surface area contributed by atoms with Crippen molar-refractivity contribution < 1.29 is 9.90 Å². The lowest BCUT2D eigenvalue weighted by Gasteiger charge is -2.24. The van der Waals surface area contributed by atoms with E-state index in [1.165, 1.54) is 0 Å². The van der Waals surface area contributed by atoms with Crippen LogP contribution in [0.25, 0.3) is 21.5 Å². The summed E-state index contributed by atoms with van der Waals surface area (Å²) in [5, 5.41) is 14.0. The summed E-state index contributed by atoms with van der Waals surface area (Å²) in [7, 11) is 0. The number of benzene rings is 4. The molecule has 2 heteroatoms. The Morgan fingerprint density at radius 3 is 1.78 bits per heavy atom. The fourth-order valence-corrected chi connectivity index (χ4v) is 3.73. The summed E-state index contributed by atoms with van der Waals surface area (Å²) in [4.78, 5) is 11.5. The molecule has 27 heavy (non-hydrogen) atoms. The molecule has 0 aliphatic heterocycles. The van der Waals surface area contributed by atoms with E-state index in [0.717, 1.165) is 32.7 Å². The molecule has 0 aromatic heterocycles. The van der Waals surface area contributed by atoms with Gasteiger partial charge >= 0.3 is 5.97 Å². The Morgan fingerprint density at radius 2 is 1.22 bits per heavy atom. The van der Waals surface area contributed by atoms with Crippen molar-refractivity contribution >= 4 is 27.5 Å². The van der Waals surface area contributed by atoms with Crippen LogP contribution in [0.4, 0.5) is 0 Å². The van der Waals surface area contributed by atoms with Crippen molar-refractivity contribution in [3.8, 4) is 0 Å². The van der Waals surface area contributed by atoms with Crippen LogP contribution in [0.3, 0.4) is 0 Å². The first kappa shape index (κ1) is 17.3. The number of fused-ring (bicyclic) bond motifs is 2. The van der Waals surface area contributed by atoms with Crippen LogP contribution in [0.15, 0.2) is 84.9 Å². The van der Waals surface area contributed by atoms with Gasteiger partial charge in [0.1, 0.15) is 0 Å². The van der Waals surface area contributed by atoms with Gasteiger partial charge in [0.05, 0.1) is 6.42 Å². The van der Waals surface area contributed by atoms with Crippen LogP contribution in [-0.4, -0.2) is 11.1 Å². The Bertz CT molecular complexity index is 1110. The molecule has 1 N–H and O–H groups in total. The highest BCUT2D eigenvalue weighted by molar-refractivity contribution is 5.84. The average Bonchev–Trinajstić information content (AvgIpc) is 2.70. The molecule has 0 fully saturated rings. The van der Waals surface area contributed by atoms with E-state index >= 15 is 0 Å². The Morgan fingerprint density at radius 1 is 0.741 bits per heavy atom. The number of carbonyl (C=O) groups is 1. The summed E-state index contributed by atoms with van der Waals surface area (Å²) in [5.41, 5.74) is 1.91. The summed E-state index contributed by atoms with van der Waals surface area (Å²) < 4.78 is 0. The highest BCUT2D eigenvalue weighted by atomic mass is 16.4. The number of rotatable bonds is 5. The van der Waals surface area contributed by atoms with Gasteiger partial charge in [-0.15, -0.1) is 0 Å². The number of hydrogen-bond donors (Lipinski definition) is 1. The van der Waals surface area contributed by atoms with Gasteiger partial charge in [0.2, 0.25) is 0 Å².